The maximum Gasteiger partial charge on any atom is 0.132 e. The van der Waals surface area contributed by atoms with Crippen LogP contribution in [-0.2, 0) is 0 Å². The summed E-state index contributed by atoms with van der Waals surface area (Å²) in [6.45, 7) is 12.8. The molecule has 0 aliphatic heterocycles. The Bertz CT molecular complexity index is 328. The van der Waals surface area contributed by atoms with Gasteiger partial charge in [0, 0.05) is 0 Å². The van der Waals surface area contributed by atoms with Crippen LogP contribution in [0, 0.1) is 6.92 Å². The molecule has 0 N–H and O–H groups in total. The molecule has 110 valence electrons. The number of unbranched alkanes of at least 4 members (excludes halogenated alkanes) is 3. The second-order valence-electron chi connectivity index (χ2n) is 5.40. The Balaban J connectivity index is 0.00000324. The van der Waals surface area contributed by atoms with Gasteiger partial charge in [-0.25, -0.2) is 0 Å². The van der Waals surface area contributed by atoms with E-state index in [4.69, 9.17) is 0 Å². The molecule has 0 heterocycles. The average Bonchev–Trinajstić information content (AvgIpc) is 2.41. The minimum Gasteiger partial charge on any atom is -1.00 e. The third kappa shape index (κ3) is 5.16. The predicted octanol–water partition coefficient (Wildman–Crippen LogP) is 1.93. The minimum atomic E-state index is 0. The quantitative estimate of drug-likeness (QED) is 0.505. The number of aryl methyl sites for hydroxylation is 1. The first kappa shape index (κ1) is 18.5. The van der Waals surface area contributed by atoms with Crippen LogP contribution in [0.2, 0.25) is 0 Å². The Morgan fingerprint density at radius 3 is 1.89 bits per heavy atom. The highest BCUT2D eigenvalue weighted by Gasteiger charge is 2.25. The summed E-state index contributed by atoms with van der Waals surface area (Å²) in [6.07, 6.45) is 5.43. The highest BCUT2D eigenvalue weighted by Crippen LogP contribution is 2.24. The van der Waals surface area contributed by atoms with Crippen molar-refractivity contribution in [1.82, 2.24) is 4.48 Å². The molecule has 0 amide bonds. The lowest BCUT2D eigenvalue weighted by molar-refractivity contribution is -0.00000403. The van der Waals surface area contributed by atoms with E-state index in [2.05, 4.69) is 52.0 Å². The molecule has 1 aromatic carbocycles. The van der Waals surface area contributed by atoms with Gasteiger partial charge in [-0.05, 0) is 45.7 Å². The van der Waals surface area contributed by atoms with E-state index in [0.717, 1.165) is 4.48 Å². The van der Waals surface area contributed by atoms with Crippen LogP contribution in [0.5, 0.6) is 0 Å². The fraction of sp³-hybridized carbons (Fsp3) is 0.647. The lowest BCUT2D eigenvalue weighted by Crippen LogP contribution is -3.00. The van der Waals surface area contributed by atoms with Gasteiger partial charge >= 0.3 is 0 Å². The Labute approximate surface area is 126 Å². The van der Waals surface area contributed by atoms with Gasteiger partial charge in [0.2, 0.25) is 0 Å². The first-order valence-corrected chi connectivity index (χ1v) is 7.61. The number of quaternary nitrogens is 1. The first-order valence-electron chi connectivity index (χ1n) is 7.61. The highest BCUT2D eigenvalue weighted by atomic mass is 35.5. The number of nitrogens with zero attached hydrogens (tertiary/aromatic N) is 1. The fourth-order valence-corrected chi connectivity index (χ4v) is 2.74. The summed E-state index contributed by atoms with van der Waals surface area (Å²) in [5, 5.41) is 0. The number of halogens is 1. The van der Waals surface area contributed by atoms with Crippen molar-refractivity contribution in [3.63, 3.8) is 0 Å². The molecule has 0 unspecified atom stereocenters. The van der Waals surface area contributed by atoms with Crippen LogP contribution in [0.1, 0.15) is 52.0 Å². The molecule has 0 aliphatic rings. The molecule has 0 atom stereocenters. The van der Waals surface area contributed by atoms with Crippen LogP contribution in [0.15, 0.2) is 24.3 Å². The highest BCUT2D eigenvalue weighted by molar-refractivity contribution is 5.44. The van der Waals surface area contributed by atoms with E-state index in [1.807, 2.05) is 0 Å². The molecule has 0 aliphatic carbocycles. The molecular weight excluding hydrogens is 254 g/mol. The minimum absolute atomic E-state index is 0. The van der Waals surface area contributed by atoms with Gasteiger partial charge in [0.1, 0.15) is 5.69 Å². The van der Waals surface area contributed by atoms with E-state index in [9.17, 15) is 0 Å². The van der Waals surface area contributed by atoms with E-state index < -0.39 is 0 Å². The number of rotatable bonds is 8. The first-order chi connectivity index (χ1) is 8.68. The Hall–Kier alpha value is -0.530. The van der Waals surface area contributed by atoms with Crippen LogP contribution >= 0.6 is 0 Å². The van der Waals surface area contributed by atoms with Crippen molar-refractivity contribution in [2.45, 2.75) is 53.4 Å². The summed E-state index contributed by atoms with van der Waals surface area (Å²) in [6, 6.07) is 9.14. The lowest BCUT2D eigenvalue weighted by Gasteiger charge is -2.36. The number of hydrogen-bond donors (Lipinski definition) is 0. The molecule has 0 bridgehead atoms. The summed E-state index contributed by atoms with van der Waals surface area (Å²) in [5.41, 5.74) is 2.84. The summed E-state index contributed by atoms with van der Waals surface area (Å²) in [7, 11) is 0. The summed E-state index contributed by atoms with van der Waals surface area (Å²) >= 11 is 0. The van der Waals surface area contributed by atoms with Crippen molar-refractivity contribution in [3.05, 3.63) is 29.8 Å². The molecule has 0 aromatic heterocycles. The van der Waals surface area contributed by atoms with Gasteiger partial charge in [-0.1, -0.05) is 37.5 Å². The maximum absolute atomic E-state index is 2.32. The van der Waals surface area contributed by atoms with Gasteiger partial charge in [0.25, 0.3) is 0 Å². The molecule has 1 rings (SSSR count). The van der Waals surface area contributed by atoms with Gasteiger partial charge in [-0.3, -0.25) is 4.48 Å². The van der Waals surface area contributed by atoms with Crippen molar-refractivity contribution < 1.29 is 12.4 Å². The van der Waals surface area contributed by atoms with Crippen molar-refractivity contribution in [1.29, 1.82) is 0 Å². The SMILES string of the molecule is CCCCCC[N+](CC)(CC)c1ccc(C)cc1.[Cl-]. The third-order valence-electron chi connectivity index (χ3n) is 4.23. The Morgan fingerprint density at radius 1 is 0.842 bits per heavy atom. The van der Waals surface area contributed by atoms with Crippen LogP contribution < -0.4 is 16.9 Å². The van der Waals surface area contributed by atoms with E-state index in [-0.39, 0.29) is 12.4 Å². The molecule has 1 aromatic rings. The van der Waals surface area contributed by atoms with Crippen LogP contribution in [0.25, 0.3) is 0 Å². The van der Waals surface area contributed by atoms with Gasteiger partial charge in [0.05, 0.1) is 19.6 Å². The summed E-state index contributed by atoms with van der Waals surface area (Å²) in [4.78, 5) is 0. The third-order valence-corrected chi connectivity index (χ3v) is 4.23. The molecule has 0 spiro atoms. The van der Waals surface area contributed by atoms with Crippen LogP contribution in [0.3, 0.4) is 0 Å². The van der Waals surface area contributed by atoms with Gasteiger partial charge in [-0.2, -0.15) is 0 Å². The van der Waals surface area contributed by atoms with Crippen LogP contribution in [0.4, 0.5) is 5.69 Å². The average molecular weight is 284 g/mol. The van der Waals surface area contributed by atoms with Crippen LogP contribution in [-0.4, -0.2) is 19.6 Å². The molecule has 19 heavy (non-hydrogen) atoms. The second kappa shape index (κ2) is 9.39. The number of benzene rings is 1. The molecule has 1 nitrogen and oxygen atoms in total. The zero-order valence-corrected chi connectivity index (χ0v) is 13.8. The molecule has 2 heteroatoms. The number of hydrogen-bond acceptors (Lipinski definition) is 0. The van der Waals surface area contributed by atoms with Gasteiger partial charge < -0.3 is 12.4 Å². The fourth-order valence-electron chi connectivity index (χ4n) is 2.74. The van der Waals surface area contributed by atoms with Gasteiger partial charge in [0.15, 0.2) is 0 Å². The summed E-state index contributed by atoms with van der Waals surface area (Å²) in [5.74, 6) is 0. The zero-order valence-electron chi connectivity index (χ0n) is 13.1. The molecule has 0 saturated carbocycles. The summed E-state index contributed by atoms with van der Waals surface area (Å²) < 4.78 is 1.14. The van der Waals surface area contributed by atoms with Gasteiger partial charge in [-0.15, -0.1) is 0 Å². The molecule has 0 radical (unpaired) electrons. The maximum atomic E-state index is 2.32. The van der Waals surface area contributed by atoms with E-state index >= 15 is 0 Å². The standard InChI is InChI=1S/C17H30N.ClH/c1-5-8-9-10-15-18(6-2,7-3)17-13-11-16(4)12-14-17;/h11-14H,5-10,15H2,1-4H3;1H/q+1;/p-1. The van der Waals surface area contributed by atoms with Crippen molar-refractivity contribution in [2.24, 2.45) is 0 Å². The normalized spacial score (nSPS) is 11.2. The largest absolute Gasteiger partial charge is 1.00 e. The predicted molar refractivity (Wildman–Crippen MR) is 83.1 cm³/mol. The molecule has 0 fully saturated rings. The Kier molecular flexibility index (Phi) is 9.12. The van der Waals surface area contributed by atoms with Crippen molar-refractivity contribution >= 4 is 5.69 Å². The van der Waals surface area contributed by atoms with E-state index in [0.29, 0.717) is 0 Å². The Morgan fingerprint density at radius 2 is 1.42 bits per heavy atom. The topological polar surface area (TPSA) is 0 Å². The van der Waals surface area contributed by atoms with Crippen molar-refractivity contribution in [2.75, 3.05) is 19.6 Å². The lowest BCUT2D eigenvalue weighted by atomic mass is 10.1. The van der Waals surface area contributed by atoms with E-state index in [1.165, 1.54) is 56.6 Å². The molecule has 0 saturated heterocycles. The smallest absolute Gasteiger partial charge is 0.132 e. The second-order valence-corrected chi connectivity index (χ2v) is 5.40. The molecular formula is C17H30ClN. The zero-order chi connectivity index (χ0) is 13.4. The van der Waals surface area contributed by atoms with Crippen molar-refractivity contribution in [3.8, 4) is 0 Å². The monoisotopic (exact) mass is 283 g/mol. The van der Waals surface area contributed by atoms with E-state index in [1.54, 1.807) is 0 Å².